The average molecular weight is 323 g/mol. The summed E-state index contributed by atoms with van der Waals surface area (Å²) in [6, 6.07) is 11.9. The number of rotatable bonds is 2. The van der Waals surface area contributed by atoms with Crippen molar-refractivity contribution in [2.24, 2.45) is 21.5 Å². The molecule has 0 atom stereocenters. The summed E-state index contributed by atoms with van der Waals surface area (Å²) in [4.78, 5) is 11.0. The zero-order valence-corrected chi connectivity index (χ0v) is 13.5. The highest BCUT2D eigenvalue weighted by molar-refractivity contribution is 6.07. The third-order valence-electron chi connectivity index (χ3n) is 4.78. The lowest BCUT2D eigenvalue weighted by Crippen LogP contribution is -2.58. The van der Waals surface area contributed by atoms with Crippen LogP contribution in [0.3, 0.4) is 0 Å². The maximum atomic E-state index is 6.31. The molecular formula is C18H21N5O. The van der Waals surface area contributed by atoms with Crippen LogP contribution in [-0.4, -0.2) is 17.6 Å². The van der Waals surface area contributed by atoms with Gasteiger partial charge in [0.2, 0.25) is 11.9 Å². The van der Waals surface area contributed by atoms with Crippen LogP contribution in [0, 0.1) is 0 Å². The topological polar surface area (TPSA) is 93.1 Å². The van der Waals surface area contributed by atoms with Gasteiger partial charge in [-0.25, -0.2) is 4.99 Å². The van der Waals surface area contributed by atoms with E-state index in [1.807, 2.05) is 41.3 Å². The van der Waals surface area contributed by atoms with Gasteiger partial charge in [0.15, 0.2) is 0 Å². The van der Waals surface area contributed by atoms with Gasteiger partial charge in [-0.3, -0.25) is 4.90 Å². The zero-order chi connectivity index (χ0) is 16.6. The van der Waals surface area contributed by atoms with Crippen LogP contribution in [0.2, 0.25) is 0 Å². The molecule has 2 aromatic rings. The fourth-order valence-electron chi connectivity index (χ4n) is 3.78. The molecule has 2 heterocycles. The first-order valence-corrected chi connectivity index (χ1v) is 8.32. The van der Waals surface area contributed by atoms with Gasteiger partial charge in [0, 0.05) is 5.56 Å². The molecule has 0 unspecified atom stereocenters. The molecule has 24 heavy (non-hydrogen) atoms. The Bertz CT molecular complexity index is 788. The first kappa shape index (κ1) is 14.8. The predicted molar refractivity (Wildman–Crippen MR) is 95.7 cm³/mol. The molecule has 6 heteroatoms. The standard InChI is InChI=1S/C18H21N5O/c19-16-21-17(20)23(18(22-16)10-4-1-5-11-18)14-8-3-2-7-13(14)15-9-6-12-24-15/h2-3,6-9,12H,1,4-5,10-11H2,(H4,19,20,21,22). The summed E-state index contributed by atoms with van der Waals surface area (Å²) < 4.78 is 5.62. The Morgan fingerprint density at radius 3 is 2.54 bits per heavy atom. The van der Waals surface area contributed by atoms with E-state index in [1.165, 1.54) is 6.42 Å². The SMILES string of the molecule is NC1=NC2(CCCCC2)N(c2ccccc2-c2ccco2)C(N)=N1. The van der Waals surface area contributed by atoms with Crippen molar-refractivity contribution in [1.82, 2.24) is 0 Å². The lowest BCUT2D eigenvalue weighted by molar-refractivity contribution is 0.305. The van der Waals surface area contributed by atoms with Crippen LogP contribution in [0.25, 0.3) is 11.3 Å². The molecule has 1 aromatic heterocycles. The van der Waals surface area contributed by atoms with Crippen LogP contribution >= 0.6 is 0 Å². The lowest BCUT2D eigenvalue weighted by Gasteiger charge is -2.46. The minimum absolute atomic E-state index is 0.265. The first-order chi connectivity index (χ1) is 11.7. The third kappa shape index (κ3) is 2.35. The number of guanidine groups is 2. The number of furan rings is 1. The summed E-state index contributed by atoms with van der Waals surface area (Å²) in [6.07, 6.45) is 6.91. The Hall–Kier alpha value is -2.76. The van der Waals surface area contributed by atoms with Gasteiger partial charge < -0.3 is 15.9 Å². The van der Waals surface area contributed by atoms with Crippen LogP contribution in [0.4, 0.5) is 5.69 Å². The lowest BCUT2D eigenvalue weighted by atomic mass is 9.87. The number of anilines is 1. The van der Waals surface area contributed by atoms with Crippen molar-refractivity contribution in [2.45, 2.75) is 37.8 Å². The van der Waals surface area contributed by atoms with Crippen LogP contribution < -0.4 is 16.4 Å². The van der Waals surface area contributed by atoms with Crippen LogP contribution in [0.1, 0.15) is 32.1 Å². The molecule has 4 N–H and O–H groups in total. The molecule has 0 radical (unpaired) electrons. The van der Waals surface area contributed by atoms with E-state index in [2.05, 4.69) is 4.99 Å². The molecule has 0 amide bonds. The van der Waals surface area contributed by atoms with Crippen molar-refractivity contribution in [2.75, 3.05) is 4.90 Å². The number of para-hydroxylation sites is 1. The maximum Gasteiger partial charge on any atom is 0.220 e. The number of aliphatic imine (C=N–C) groups is 2. The highest BCUT2D eigenvalue weighted by atomic mass is 16.3. The van der Waals surface area contributed by atoms with Crippen LogP contribution in [0.15, 0.2) is 57.1 Å². The summed E-state index contributed by atoms with van der Waals surface area (Å²) in [5.74, 6) is 1.46. The number of hydrogen-bond acceptors (Lipinski definition) is 6. The fraction of sp³-hybridized carbons (Fsp3) is 0.333. The summed E-state index contributed by atoms with van der Waals surface area (Å²) >= 11 is 0. The highest BCUT2D eigenvalue weighted by Gasteiger charge is 2.43. The predicted octanol–water partition coefficient (Wildman–Crippen LogP) is 3.06. The van der Waals surface area contributed by atoms with E-state index < -0.39 is 5.66 Å². The van der Waals surface area contributed by atoms with Gasteiger partial charge in [-0.05, 0) is 49.9 Å². The minimum Gasteiger partial charge on any atom is -0.464 e. The van der Waals surface area contributed by atoms with Gasteiger partial charge >= 0.3 is 0 Å². The van der Waals surface area contributed by atoms with Crippen molar-refractivity contribution in [3.05, 3.63) is 42.7 Å². The molecular weight excluding hydrogens is 302 g/mol. The number of hydrogen-bond donors (Lipinski definition) is 2. The van der Waals surface area contributed by atoms with E-state index in [0.29, 0.717) is 5.96 Å². The molecule has 0 bridgehead atoms. The van der Waals surface area contributed by atoms with E-state index in [0.717, 1.165) is 42.7 Å². The molecule has 6 nitrogen and oxygen atoms in total. The van der Waals surface area contributed by atoms with Gasteiger partial charge in [0.05, 0.1) is 12.0 Å². The molecule has 2 aliphatic rings. The zero-order valence-electron chi connectivity index (χ0n) is 13.5. The molecule has 0 saturated heterocycles. The Balaban J connectivity index is 1.87. The first-order valence-electron chi connectivity index (χ1n) is 8.32. The Labute approximate surface area is 140 Å². The van der Waals surface area contributed by atoms with Crippen molar-refractivity contribution in [1.29, 1.82) is 0 Å². The fourth-order valence-corrected chi connectivity index (χ4v) is 3.78. The number of nitrogens with two attached hydrogens (primary N) is 2. The summed E-state index contributed by atoms with van der Waals surface area (Å²) in [6.45, 7) is 0. The quantitative estimate of drug-likeness (QED) is 0.888. The molecule has 4 rings (SSSR count). The number of nitrogens with zero attached hydrogens (tertiary/aromatic N) is 3. The Morgan fingerprint density at radius 2 is 1.79 bits per heavy atom. The van der Waals surface area contributed by atoms with Crippen molar-refractivity contribution in [3.8, 4) is 11.3 Å². The molecule has 1 saturated carbocycles. The summed E-state index contributed by atoms with van der Waals surface area (Å²) in [5.41, 5.74) is 13.7. The van der Waals surface area contributed by atoms with Gasteiger partial charge in [-0.1, -0.05) is 18.6 Å². The van der Waals surface area contributed by atoms with Gasteiger partial charge in [-0.15, -0.1) is 0 Å². The third-order valence-corrected chi connectivity index (χ3v) is 4.78. The van der Waals surface area contributed by atoms with E-state index in [9.17, 15) is 0 Å². The van der Waals surface area contributed by atoms with E-state index >= 15 is 0 Å². The van der Waals surface area contributed by atoms with E-state index in [1.54, 1.807) is 6.26 Å². The molecule has 124 valence electrons. The van der Waals surface area contributed by atoms with Crippen LogP contribution in [-0.2, 0) is 0 Å². The second-order valence-corrected chi connectivity index (χ2v) is 6.31. The van der Waals surface area contributed by atoms with E-state index in [4.69, 9.17) is 20.9 Å². The molecule has 1 fully saturated rings. The maximum absolute atomic E-state index is 6.31. The second-order valence-electron chi connectivity index (χ2n) is 6.31. The minimum atomic E-state index is -0.448. The van der Waals surface area contributed by atoms with Gasteiger partial charge in [-0.2, -0.15) is 4.99 Å². The van der Waals surface area contributed by atoms with Gasteiger partial charge in [0.1, 0.15) is 11.4 Å². The van der Waals surface area contributed by atoms with E-state index in [-0.39, 0.29) is 5.96 Å². The highest BCUT2D eigenvalue weighted by Crippen LogP contribution is 2.42. The molecule has 1 spiro atoms. The smallest absolute Gasteiger partial charge is 0.220 e. The molecule has 1 aromatic carbocycles. The monoisotopic (exact) mass is 323 g/mol. The van der Waals surface area contributed by atoms with Crippen molar-refractivity contribution < 1.29 is 4.42 Å². The summed E-state index contributed by atoms with van der Waals surface area (Å²) in [7, 11) is 0. The molecule has 1 aliphatic carbocycles. The Kier molecular flexibility index (Phi) is 3.52. The Morgan fingerprint density at radius 1 is 1.00 bits per heavy atom. The normalized spacial score (nSPS) is 19.9. The van der Waals surface area contributed by atoms with Crippen molar-refractivity contribution in [3.63, 3.8) is 0 Å². The largest absolute Gasteiger partial charge is 0.464 e. The van der Waals surface area contributed by atoms with Crippen LogP contribution in [0.5, 0.6) is 0 Å². The second kappa shape index (κ2) is 5.70. The number of benzene rings is 1. The van der Waals surface area contributed by atoms with Crippen molar-refractivity contribution >= 4 is 17.6 Å². The average Bonchev–Trinajstić information content (AvgIpc) is 3.09. The van der Waals surface area contributed by atoms with Gasteiger partial charge in [0.25, 0.3) is 0 Å². The summed E-state index contributed by atoms with van der Waals surface area (Å²) in [5, 5.41) is 0. The molecule has 1 aliphatic heterocycles.